The lowest BCUT2D eigenvalue weighted by Crippen LogP contribution is -2.43. The van der Waals surface area contributed by atoms with Crippen LogP contribution < -0.4 is 20.1 Å². The van der Waals surface area contributed by atoms with Gasteiger partial charge >= 0.3 is 0 Å². The summed E-state index contributed by atoms with van der Waals surface area (Å²) in [5, 5.41) is 5.68. The van der Waals surface area contributed by atoms with Gasteiger partial charge in [-0.25, -0.2) is 0 Å². The molecule has 29 heavy (non-hydrogen) atoms. The van der Waals surface area contributed by atoms with E-state index in [1.165, 1.54) is 0 Å². The van der Waals surface area contributed by atoms with Crippen LogP contribution >= 0.6 is 0 Å². The Balaban J connectivity index is 1.93. The zero-order chi connectivity index (χ0) is 21.2. The quantitative estimate of drug-likeness (QED) is 0.640. The molecule has 7 heteroatoms. The van der Waals surface area contributed by atoms with Crippen LogP contribution in [0.1, 0.15) is 20.8 Å². The van der Waals surface area contributed by atoms with Crippen molar-refractivity contribution in [1.82, 2.24) is 4.90 Å². The zero-order valence-corrected chi connectivity index (χ0v) is 17.4. The van der Waals surface area contributed by atoms with E-state index in [9.17, 15) is 9.59 Å². The average Bonchev–Trinajstić information content (AvgIpc) is 2.70. The highest BCUT2D eigenvalue weighted by atomic mass is 16.5. The largest absolute Gasteiger partial charge is 0.490 e. The van der Waals surface area contributed by atoms with E-state index in [-0.39, 0.29) is 18.4 Å². The number of rotatable bonds is 10. The number of likely N-dealkylation sites (N-methyl/N-ethyl adjacent to an activating group) is 1. The van der Waals surface area contributed by atoms with Crippen molar-refractivity contribution < 1.29 is 19.1 Å². The number of carbonyl (C=O) groups is 2. The topological polar surface area (TPSA) is 79.9 Å². The summed E-state index contributed by atoms with van der Waals surface area (Å²) in [6.45, 7) is 6.64. The fraction of sp³-hybridized carbons (Fsp3) is 0.364. The highest BCUT2D eigenvalue weighted by Crippen LogP contribution is 2.30. The Labute approximate surface area is 172 Å². The van der Waals surface area contributed by atoms with Gasteiger partial charge in [0.2, 0.25) is 11.8 Å². The van der Waals surface area contributed by atoms with Crippen LogP contribution in [0.15, 0.2) is 48.5 Å². The Morgan fingerprint density at radius 3 is 2.24 bits per heavy atom. The Bertz CT molecular complexity index is 811. The minimum absolute atomic E-state index is 0.0700. The van der Waals surface area contributed by atoms with Gasteiger partial charge in [-0.2, -0.15) is 0 Å². The highest BCUT2D eigenvalue weighted by Gasteiger charge is 2.20. The minimum Gasteiger partial charge on any atom is -0.490 e. The van der Waals surface area contributed by atoms with Crippen molar-refractivity contribution in [1.29, 1.82) is 0 Å². The third-order valence-electron chi connectivity index (χ3n) is 4.30. The molecule has 2 amide bonds. The summed E-state index contributed by atoms with van der Waals surface area (Å²) in [5.74, 6) is 0.816. The fourth-order valence-electron chi connectivity index (χ4n) is 2.66. The van der Waals surface area contributed by atoms with E-state index >= 15 is 0 Å². The van der Waals surface area contributed by atoms with Crippen LogP contribution in [0.4, 0.5) is 11.4 Å². The van der Waals surface area contributed by atoms with Crippen molar-refractivity contribution >= 4 is 23.2 Å². The molecule has 0 aliphatic rings. The second-order valence-corrected chi connectivity index (χ2v) is 6.52. The van der Waals surface area contributed by atoms with Crippen LogP contribution in [0.5, 0.6) is 11.5 Å². The molecule has 0 saturated carbocycles. The Morgan fingerprint density at radius 2 is 1.59 bits per heavy atom. The Hall–Kier alpha value is -3.06. The third kappa shape index (κ3) is 6.80. The molecule has 0 aliphatic heterocycles. The normalized spacial score (nSPS) is 11.6. The Morgan fingerprint density at radius 1 is 0.931 bits per heavy atom. The standard InChI is InChI=1S/C22H29N3O4/c1-5-28-19-13-12-18(14-20(19)29-6-2)23-21(26)15-25(4)16(3)22(27)24-17-10-8-7-9-11-17/h7-14,16H,5-6,15H2,1-4H3,(H,23,26)(H,24,27)/t16-/m1/s1. The molecule has 0 aromatic heterocycles. The van der Waals surface area contributed by atoms with Gasteiger partial charge in [0.15, 0.2) is 11.5 Å². The van der Waals surface area contributed by atoms with Crippen LogP contribution in [0.3, 0.4) is 0 Å². The summed E-state index contributed by atoms with van der Waals surface area (Å²) in [6, 6.07) is 14.0. The molecule has 7 nitrogen and oxygen atoms in total. The predicted octanol–water partition coefficient (Wildman–Crippen LogP) is 3.38. The van der Waals surface area contributed by atoms with Crippen LogP contribution in [0.2, 0.25) is 0 Å². The van der Waals surface area contributed by atoms with Gasteiger partial charge in [0.25, 0.3) is 0 Å². The predicted molar refractivity (Wildman–Crippen MR) is 115 cm³/mol. The summed E-state index contributed by atoms with van der Waals surface area (Å²) < 4.78 is 11.1. The van der Waals surface area contributed by atoms with Gasteiger partial charge in [-0.3, -0.25) is 14.5 Å². The smallest absolute Gasteiger partial charge is 0.241 e. The fourth-order valence-corrected chi connectivity index (χ4v) is 2.66. The van der Waals surface area contributed by atoms with E-state index < -0.39 is 6.04 Å². The first-order valence-corrected chi connectivity index (χ1v) is 9.70. The van der Waals surface area contributed by atoms with E-state index in [4.69, 9.17) is 9.47 Å². The van der Waals surface area contributed by atoms with E-state index in [1.54, 1.807) is 37.1 Å². The number of nitrogens with one attached hydrogen (secondary N) is 2. The van der Waals surface area contributed by atoms with E-state index in [1.807, 2.05) is 44.2 Å². The second-order valence-electron chi connectivity index (χ2n) is 6.52. The second kappa shape index (κ2) is 11.1. The summed E-state index contributed by atoms with van der Waals surface area (Å²) >= 11 is 0. The molecule has 2 aromatic rings. The van der Waals surface area contributed by atoms with Gasteiger partial charge in [0.05, 0.1) is 25.8 Å². The summed E-state index contributed by atoms with van der Waals surface area (Å²) in [4.78, 5) is 26.5. The summed E-state index contributed by atoms with van der Waals surface area (Å²) in [7, 11) is 1.73. The van der Waals surface area contributed by atoms with Crippen molar-refractivity contribution in [2.45, 2.75) is 26.8 Å². The maximum absolute atomic E-state index is 12.4. The SMILES string of the molecule is CCOc1ccc(NC(=O)CN(C)[C@H](C)C(=O)Nc2ccccc2)cc1OCC. The third-order valence-corrected chi connectivity index (χ3v) is 4.30. The van der Waals surface area contributed by atoms with Gasteiger partial charge < -0.3 is 20.1 Å². The Kier molecular flexibility index (Phi) is 8.48. The molecule has 0 unspecified atom stereocenters. The van der Waals surface area contributed by atoms with Gasteiger partial charge in [0, 0.05) is 17.4 Å². The van der Waals surface area contributed by atoms with Gasteiger partial charge in [-0.15, -0.1) is 0 Å². The number of carbonyl (C=O) groups excluding carboxylic acids is 2. The first-order valence-electron chi connectivity index (χ1n) is 9.70. The van der Waals surface area contributed by atoms with Crippen LogP contribution in [-0.4, -0.2) is 49.6 Å². The van der Waals surface area contributed by atoms with Gasteiger partial charge in [0.1, 0.15) is 0 Å². The van der Waals surface area contributed by atoms with Crippen molar-refractivity contribution in [2.24, 2.45) is 0 Å². The monoisotopic (exact) mass is 399 g/mol. The summed E-state index contributed by atoms with van der Waals surface area (Å²) in [6.07, 6.45) is 0. The zero-order valence-electron chi connectivity index (χ0n) is 17.4. The van der Waals surface area contributed by atoms with Crippen LogP contribution in [0.25, 0.3) is 0 Å². The van der Waals surface area contributed by atoms with E-state index in [0.717, 1.165) is 5.69 Å². The van der Waals surface area contributed by atoms with E-state index in [2.05, 4.69) is 10.6 Å². The highest BCUT2D eigenvalue weighted by molar-refractivity contribution is 5.96. The molecular weight excluding hydrogens is 370 g/mol. The molecule has 0 radical (unpaired) electrons. The number of hydrogen-bond acceptors (Lipinski definition) is 5. The first kappa shape index (κ1) is 22.2. The number of ether oxygens (including phenoxy) is 2. The molecule has 0 heterocycles. The maximum atomic E-state index is 12.4. The molecule has 0 saturated heterocycles. The molecule has 2 rings (SSSR count). The van der Waals surface area contributed by atoms with Crippen molar-refractivity contribution in [2.75, 3.05) is 37.4 Å². The number of amides is 2. The van der Waals surface area contributed by atoms with Gasteiger partial charge in [-0.05, 0) is 52.1 Å². The molecule has 2 N–H and O–H groups in total. The molecule has 0 bridgehead atoms. The number of benzene rings is 2. The molecular formula is C22H29N3O4. The number of hydrogen-bond donors (Lipinski definition) is 2. The summed E-state index contributed by atoms with van der Waals surface area (Å²) in [5.41, 5.74) is 1.33. The molecule has 0 spiro atoms. The average molecular weight is 399 g/mol. The molecule has 1 atom stereocenters. The minimum atomic E-state index is -0.472. The number of nitrogens with zero attached hydrogens (tertiary/aromatic N) is 1. The lowest BCUT2D eigenvalue weighted by Gasteiger charge is -2.23. The number of para-hydroxylation sites is 1. The maximum Gasteiger partial charge on any atom is 0.241 e. The van der Waals surface area contributed by atoms with Crippen molar-refractivity contribution in [3.63, 3.8) is 0 Å². The lowest BCUT2D eigenvalue weighted by atomic mass is 10.2. The molecule has 2 aromatic carbocycles. The molecule has 156 valence electrons. The van der Waals surface area contributed by atoms with Gasteiger partial charge in [-0.1, -0.05) is 18.2 Å². The lowest BCUT2D eigenvalue weighted by molar-refractivity contribution is -0.122. The van der Waals surface area contributed by atoms with Crippen molar-refractivity contribution in [3.8, 4) is 11.5 Å². The molecule has 0 fully saturated rings. The first-order chi connectivity index (χ1) is 13.9. The van der Waals surface area contributed by atoms with Crippen molar-refractivity contribution in [3.05, 3.63) is 48.5 Å². The van der Waals surface area contributed by atoms with Crippen LogP contribution in [0, 0.1) is 0 Å². The molecule has 0 aliphatic carbocycles. The van der Waals surface area contributed by atoms with Crippen LogP contribution in [-0.2, 0) is 9.59 Å². The number of anilines is 2. The van der Waals surface area contributed by atoms with E-state index in [0.29, 0.717) is 30.4 Å².